The van der Waals surface area contributed by atoms with Crippen LogP contribution in [0.15, 0.2) is 48.9 Å². The van der Waals surface area contributed by atoms with Crippen molar-refractivity contribution in [1.29, 1.82) is 5.26 Å². The van der Waals surface area contributed by atoms with Crippen molar-refractivity contribution in [2.24, 2.45) is 0 Å². The summed E-state index contributed by atoms with van der Waals surface area (Å²) in [6.07, 6.45) is -0.660. The Hall–Kier alpha value is -3.74. The number of nitrogens with one attached hydrogen (secondary N) is 1. The molecule has 1 aliphatic carbocycles. The summed E-state index contributed by atoms with van der Waals surface area (Å²) in [5.41, 5.74) is -1.87. The number of benzene rings is 1. The quantitative estimate of drug-likeness (QED) is 0.671. The molecule has 0 spiro atoms. The lowest BCUT2D eigenvalue weighted by Crippen LogP contribution is -2.28. The van der Waals surface area contributed by atoms with Crippen molar-refractivity contribution in [1.82, 2.24) is 25.1 Å². The summed E-state index contributed by atoms with van der Waals surface area (Å²) in [5.74, 6) is 0.109. The summed E-state index contributed by atoms with van der Waals surface area (Å²) in [6.45, 7) is 1.63. The molecule has 1 aromatic carbocycles. The van der Waals surface area contributed by atoms with Gasteiger partial charge in [-0.3, -0.25) is 4.79 Å². The summed E-state index contributed by atoms with van der Waals surface area (Å²) in [6, 6.07) is 9.77. The van der Waals surface area contributed by atoms with Crippen LogP contribution >= 0.6 is 0 Å². The first kappa shape index (κ1) is 20.5. The fourth-order valence-corrected chi connectivity index (χ4v) is 3.21. The van der Waals surface area contributed by atoms with E-state index in [0.717, 1.165) is 12.1 Å². The molecule has 1 fully saturated rings. The van der Waals surface area contributed by atoms with Gasteiger partial charge in [0.05, 0.1) is 23.1 Å². The van der Waals surface area contributed by atoms with E-state index in [-0.39, 0.29) is 17.0 Å². The van der Waals surface area contributed by atoms with Crippen LogP contribution in [-0.2, 0) is 11.6 Å². The fraction of sp³-hybridized carbons (Fsp3) is 0.286. The van der Waals surface area contributed by atoms with E-state index < -0.39 is 29.1 Å². The van der Waals surface area contributed by atoms with E-state index in [4.69, 9.17) is 0 Å². The molecule has 0 bridgehead atoms. The smallest absolute Gasteiger partial charge is 0.342 e. The Morgan fingerprint density at radius 2 is 2.03 bits per heavy atom. The van der Waals surface area contributed by atoms with E-state index in [1.807, 2.05) is 0 Å². The minimum Gasteiger partial charge on any atom is -0.342 e. The predicted molar refractivity (Wildman–Crippen MR) is 103 cm³/mol. The second kappa shape index (κ2) is 7.50. The first-order chi connectivity index (χ1) is 14.7. The van der Waals surface area contributed by atoms with Crippen LogP contribution < -0.4 is 5.32 Å². The van der Waals surface area contributed by atoms with Crippen molar-refractivity contribution in [3.8, 4) is 11.9 Å². The lowest BCUT2D eigenvalue weighted by atomic mass is 9.93. The minimum absolute atomic E-state index is 0.164. The Morgan fingerprint density at radius 3 is 2.65 bits per heavy atom. The zero-order valence-corrected chi connectivity index (χ0v) is 16.4. The lowest BCUT2D eigenvalue weighted by molar-refractivity contribution is -0.137. The van der Waals surface area contributed by atoms with Gasteiger partial charge in [-0.05, 0) is 55.7 Å². The van der Waals surface area contributed by atoms with Crippen LogP contribution in [0, 0.1) is 11.3 Å². The fourth-order valence-electron chi connectivity index (χ4n) is 3.21. The molecule has 2 heterocycles. The van der Waals surface area contributed by atoms with Crippen molar-refractivity contribution in [3.63, 3.8) is 0 Å². The number of rotatable bonds is 5. The number of nitrogens with zero attached hydrogens (tertiary/aromatic N) is 5. The molecular formula is C21H17F3N6O. The molecule has 31 heavy (non-hydrogen) atoms. The third kappa shape index (κ3) is 4.12. The van der Waals surface area contributed by atoms with Gasteiger partial charge in [-0.15, -0.1) is 5.10 Å². The van der Waals surface area contributed by atoms with Crippen LogP contribution in [0.4, 0.5) is 13.2 Å². The Labute approximate surface area is 175 Å². The molecule has 1 N–H and O–H groups in total. The molecular weight excluding hydrogens is 409 g/mol. The number of amides is 1. The normalized spacial score (nSPS) is 15.7. The van der Waals surface area contributed by atoms with Gasteiger partial charge in [-0.1, -0.05) is 6.07 Å². The summed E-state index contributed by atoms with van der Waals surface area (Å²) in [5, 5.41) is 16.3. The maximum atomic E-state index is 13.4. The van der Waals surface area contributed by atoms with E-state index in [0.29, 0.717) is 18.7 Å². The van der Waals surface area contributed by atoms with Gasteiger partial charge in [-0.25, -0.2) is 14.6 Å². The van der Waals surface area contributed by atoms with Crippen molar-refractivity contribution in [2.45, 2.75) is 37.4 Å². The molecule has 2 aromatic heterocycles. The van der Waals surface area contributed by atoms with E-state index in [9.17, 15) is 23.2 Å². The first-order valence-corrected chi connectivity index (χ1v) is 9.50. The average molecular weight is 426 g/mol. The van der Waals surface area contributed by atoms with Gasteiger partial charge in [0, 0.05) is 11.8 Å². The molecule has 0 saturated heterocycles. The molecule has 0 radical (unpaired) electrons. The standard InChI is InChI=1S/C21H17F3N6O/c1-13(18-27-12-30(29-18)17-4-2-3-7-26-17)28-19(31)14-8-15(20(11-25)5-6-20)10-16(9-14)21(22,23)24/h2-4,7-10,12-13H,5-6H2,1H3,(H,28,31). The second-order valence-electron chi connectivity index (χ2n) is 7.42. The molecule has 4 rings (SSSR count). The summed E-state index contributed by atoms with van der Waals surface area (Å²) >= 11 is 0. The minimum atomic E-state index is -4.63. The molecule has 1 unspecified atom stereocenters. The third-order valence-corrected chi connectivity index (χ3v) is 5.17. The van der Waals surface area contributed by atoms with Gasteiger partial charge >= 0.3 is 6.18 Å². The molecule has 1 saturated carbocycles. The maximum absolute atomic E-state index is 13.4. The predicted octanol–water partition coefficient (Wildman–Crippen LogP) is 3.73. The van der Waals surface area contributed by atoms with E-state index >= 15 is 0 Å². The Bertz CT molecular complexity index is 1160. The molecule has 10 heteroatoms. The molecule has 158 valence electrons. The van der Waals surface area contributed by atoms with Crippen LogP contribution in [0.5, 0.6) is 0 Å². The number of nitriles is 1. The van der Waals surface area contributed by atoms with Gasteiger partial charge in [-0.2, -0.15) is 18.4 Å². The number of carbonyl (C=O) groups excluding carboxylic acids is 1. The van der Waals surface area contributed by atoms with E-state index in [2.05, 4.69) is 26.5 Å². The van der Waals surface area contributed by atoms with Crippen molar-refractivity contribution in [3.05, 3.63) is 71.4 Å². The zero-order valence-electron chi connectivity index (χ0n) is 16.4. The Balaban J connectivity index is 1.58. The van der Waals surface area contributed by atoms with Crippen molar-refractivity contribution < 1.29 is 18.0 Å². The number of alkyl halides is 3. The maximum Gasteiger partial charge on any atom is 0.416 e. The monoisotopic (exact) mass is 426 g/mol. The topological polar surface area (TPSA) is 96.5 Å². The molecule has 0 aliphatic heterocycles. The molecule has 1 atom stereocenters. The SMILES string of the molecule is CC(NC(=O)c1cc(C(F)(F)F)cc(C2(C#N)CC2)c1)c1ncn(-c2ccccn2)n1. The van der Waals surface area contributed by atoms with Crippen LogP contribution in [0.25, 0.3) is 5.82 Å². The molecule has 1 aliphatic rings. The number of hydrogen-bond donors (Lipinski definition) is 1. The van der Waals surface area contributed by atoms with Gasteiger partial charge in [0.1, 0.15) is 6.33 Å². The number of halogens is 3. The molecule has 3 aromatic rings. The lowest BCUT2D eigenvalue weighted by Gasteiger charge is -2.16. The first-order valence-electron chi connectivity index (χ1n) is 9.50. The highest BCUT2D eigenvalue weighted by molar-refractivity contribution is 5.95. The largest absolute Gasteiger partial charge is 0.416 e. The van der Waals surface area contributed by atoms with E-state index in [1.165, 1.54) is 17.1 Å². The summed E-state index contributed by atoms with van der Waals surface area (Å²) in [4.78, 5) is 21.0. The van der Waals surface area contributed by atoms with Crippen LogP contribution in [0.2, 0.25) is 0 Å². The second-order valence-corrected chi connectivity index (χ2v) is 7.42. The number of pyridine rings is 1. The van der Waals surface area contributed by atoms with Crippen molar-refractivity contribution >= 4 is 5.91 Å². The van der Waals surface area contributed by atoms with Crippen LogP contribution in [-0.4, -0.2) is 25.7 Å². The Morgan fingerprint density at radius 1 is 1.26 bits per heavy atom. The van der Waals surface area contributed by atoms with Crippen LogP contribution in [0.3, 0.4) is 0 Å². The number of hydrogen-bond acceptors (Lipinski definition) is 5. The van der Waals surface area contributed by atoms with Gasteiger partial charge in [0.25, 0.3) is 5.91 Å². The Kier molecular flexibility index (Phi) is 4.97. The van der Waals surface area contributed by atoms with Gasteiger partial charge in [0.15, 0.2) is 11.6 Å². The van der Waals surface area contributed by atoms with Crippen molar-refractivity contribution in [2.75, 3.05) is 0 Å². The molecule has 1 amide bonds. The third-order valence-electron chi connectivity index (χ3n) is 5.17. The number of carbonyl (C=O) groups is 1. The van der Waals surface area contributed by atoms with Crippen LogP contribution in [0.1, 0.15) is 53.1 Å². The van der Waals surface area contributed by atoms with Gasteiger partial charge in [0.2, 0.25) is 0 Å². The van der Waals surface area contributed by atoms with E-state index in [1.54, 1.807) is 31.3 Å². The summed E-state index contributed by atoms with van der Waals surface area (Å²) < 4.78 is 41.6. The molecule has 7 nitrogen and oxygen atoms in total. The summed E-state index contributed by atoms with van der Waals surface area (Å²) in [7, 11) is 0. The average Bonchev–Trinajstić information content (AvgIpc) is 3.41. The highest BCUT2D eigenvalue weighted by atomic mass is 19.4. The highest BCUT2D eigenvalue weighted by Gasteiger charge is 2.46. The van der Waals surface area contributed by atoms with Gasteiger partial charge < -0.3 is 5.32 Å². The highest BCUT2D eigenvalue weighted by Crippen LogP contribution is 2.48. The number of aromatic nitrogens is 4. The zero-order chi connectivity index (χ0) is 22.2.